The van der Waals surface area contributed by atoms with Crippen molar-refractivity contribution in [3.05, 3.63) is 51.0 Å². The smallest absolute Gasteiger partial charge is 0.0976 e. The minimum Gasteiger partial charge on any atom is -0.388 e. The minimum absolute atomic E-state index is 0.281. The van der Waals surface area contributed by atoms with Gasteiger partial charge in [-0.1, -0.05) is 24.3 Å². The molecule has 3 rings (SSSR count). The fourth-order valence-electron chi connectivity index (χ4n) is 2.49. The molecule has 1 aromatic heterocycles. The molecule has 1 heterocycles. The van der Waals surface area contributed by atoms with Gasteiger partial charge < -0.3 is 5.11 Å². The van der Waals surface area contributed by atoms with Gasteiger partial charge in [0.15, 0.2) is 0 Å². The predicted octanol–water partition coefficient (Wildman–Crippen LogP) is 3.41. The van der Waals surface area contributed by atoms with Gasteiger partial charge in [0.1, 0.15) is 0 Å². The van der Waals surface area contributed by atoms with Gasteiger partial charge in [-0.3, -0.25) is 0 Å². The highest BCUT2D eigenvalue weighted by molar-refractivity contribution is 7.11. The zero-order valence-electron chi connectivity index (χ0n) is 10.5. The summed E-state index contributed by atoms with van der Waals surface area (Å²) >= 11 is 1.69. The van der Waals surface area contributed by atoms with E-state index in [-0.39, 0.29) is 6.10 Å². The van der Waals surface area contributed by atoms with Crippen LogP contribution in [0.25, 0.3) is 0 Å². The molecule has 94 valence electrons. The molecule has 0 aliphatic heterocycles. The quantitative estimate of drug-likeness (QED) is 0.896. The predicted molar refractivity (Wildman–Crippen MR) is 74.0 cm³/mol. The first-order chi connectivity index (χ1) is 8.74. The van der Waals surface area contributed by atoms with E-state index in [2.05, 4.69) is 31.2 Å². The van der Waals surface area contributed by atoms with Gasteiger partial charge >= 0.3 is 0 Å². The molecule has 0 saturated heterocycles. The molecule has 1 atom stereocenters. The Labute approximate surface area is 111 Å². The second-order valence-corrected chi connectivity index (χ2v) is 6.05. The standard InChI is InChI=1S/C15H17NOS/c1-10-5-2-3-6-11(10)9-14-16-12-7-4-8-13(17)15(12)18-14/h2-3,5-6,13,17H,4,7-9H2,1H3. The van der Waals surface area contributed by atoms with Crippen molar-refractivity contribution in [3.8, 4) is 0 Å². The van der Waals surface area contributed by atoms with Gasteiger partial charge in [0, 0.05) is 6.42 Å². The summed E-state index contributed by atoms with van der Waals surface area (Å²) in [6, 6.07) is 8.43. The summed E-state index contributed by atoms with van der Waals surface area (Å²) in [5, 5.41) is 11.1. The first-order valence-corrected chi connectivity index (χ1v) is 7.27. The third-order valence-electron chi connectivity index (χ3n) is 3.57. The largest absolute Gasteiger partial charge is 0.388 e. The van der Waals surface area contributed by atoms with Gasteiger partial charge in [0.25, 0.3) is 0 Å². The van der Waals surface area contributed by atoms with Crippen molar-refractivity contribution in [3.63, 3.8) is 0 Å². The molecule has 0 radical (unpaired) electrons. The van der Waals surface area contributed by atoms with Crippen LogP contribution in [0.4, 0.5) is 0 Å². The van der Waals surface area contributed by atoms with Crippen LogP contribution in [0.5, 0.6) is 0 Å². The van der Waals surface area contributed by atoms with Crippen molar-refractivity contribution in [1.29, 1.82) is 0 Å². The number of nitrogens with zero attached hydrogens (tertiary/aromatic N) is 1. The normalized spacial score (nSPS) is 18.7. The summed E-state index contributed by atoms with van der Waals surface area (Å²) in [4.78, 5) is 5.80. The van der Waals surface area contributed by atoms with E-state index in [4.69, 9.17) is 4.98 Å². The first-order valence-electron chi connectivity index (χ1n) is 6.45. The minimum atomic E-state index is -0.281. The highest BCUT2D eigenvalue weighted by Gasteiger charge is 2.22. The number of benzene rings is 1. The average Bonchev–Trinajstić information content (AvgIpc) is 2.76. The zero-order chi connectivity index (χ0) is 12.5. The summed E-state index contributed by atoms with van der Waals surface area (Å²) in [6.07, 6.45) is 3.57. The Morgan fingerprint density at radius 2 is 2.22 bits per heavy atom. The lowest BCUT2D eigenvalue weighted by atomic mass is 10.0. The van der Waals surface area contributed by atoms with Crippen LogP contribution in [-0.2, 0) is 12.8 Å². The van der Waals surface area contributed by atoms with Gasteiger partial charge in [0.05, 0.1) is 21.7 Å². The topological polar surface area (TPSA) is 33.1 Å². The van der Waals surface area contributed by atoms with Crippen molar-refractivity contribution in [1.82, 2.24) is 4.98 Å². The Hall–Kier alpha value is -1.19. The number of aryl methyl sites for hydroxylation is 2. The summed E-state index contributed by atoms with van der Waals surface area (Å²) < 4.78 is 0. The molecule has 2 aromatic rings. The maximum absolute atomic E-state index is 9.97. The van der Waals surface area contributed by atoms with E-state index < -0.39 is 0 Å². The molecule has 3 heteroatoms. The molecule has 0 saturated carbocycles. The molecule has 1 aliphatic rings. The number of hydrogen-bond acceptors (Lipinski definition) is 3. The van der Waals surface area contributed by atoms with E-state index in [0.29, 0.717) is 0 Å². The molecule has 0 bridgehead atoms. The van der Waals surface area contributed by atoms with E-state index in [9.17, 15) is 5.11 Å². The zero-order valence-corrected chi connectivity index (χ0v) is 11.3. The Kier molecular flexibility index (Phi) is 3.18. The van der Waals surface area contributed by atoms with Crippen molar-refractivity contribution < 1.29 is 5.11 Å². The van der Waals surface area contributed by atoms with Gasteiger partial charge in [-0.15, -0.1) is 11.3 Å². The molecule has 1 N–H and O–H groups in total. The number of aliphatic hydroxyl groups is 1. The molecule has 1 aliphatic carbocycles. The molecule has 0 spiro atoms. The van der Waals surface area contributed by atoms with Crippen LogP contribution < -0.4 is 0 Å². The molecule has 0 fully saturated rings. The summed E-state index contributed by atoms with van der Waals surface area (Å²) in [5.74, 6) is 0. The van der Waals surface area contributed by atoms with E-state index in [1.54, 1.807) is 11.3 Å². The maximum Gasteiger partial charge on any atom is 0.0976 e. The van der Waals surface area contributed by atoms with Crippen molar-refractivity contribution in [2.24, 2.45) is 0 Å². The lowest BCUT2D eigenvalue weighted by Crippen LogP contribution is -2.06. The van der Waals surface area contributed by atoms with Gasteiger partial charge in [-0.2, -0.15) is 0 Å². The molecule has 0 amide bonds. The van der Waals surface area contributed by atoms with Crippen molar-refractivity contribution in [2.45, 2.75) is 38.7 Å². The Morgan fingerprint density at radius 3 is 3.00 bits per heavy atom. The highest BCUT2D eigenvalue weighted by atomic mass is 32.1. The summed E-state index contributed by atoms with van der Waals surface area (Å²) in [7, 11) is 0. The second-order valence-electron chi connectivity index (χ2n) is 4.93. The average molecular weight is 259 g/mol. The number of aromatic nitrogens is 1. The number of rotatable bonds is 2. The molecular formula is C15H17NOS. The number of aliphatic hydroxyl groups excluding tert-OH is 1. The van der Waals surface area contributed by atoms with Gasteiger partial charge in [0.2, 0.25) is 0 Å². The lowest BCUT2D eigenvalue weighted by Gasteiger charge is -2.14. The van der Waals surface area contributed by atoms with E-state index in [0.717, 1.165) is 41.3 Å². The number of fused-ring (bicyclic) bond motifs is 1. The highest BCUT2D eigenvalue weighted by Crippen LogP contribution is 2.34. The van der Waals surface area contributed by atoms with E-state index >= 15 is 0 Å². The third kappa shape index (κ3) is 2.20. The van der Waals surface area contributed by atoms with Crippen molar-refractivity contribution >= 4 is 11.3 Å². The second kappa shape index (κ2) is 4.82. The number of thiazole rings is 1. The SMILES string of the molecule is Cc1ccccc1Cc1nc2c(s1)C(O)CCC2. The third-order valence-corrected chi connectivity index (χ3v) is 4.77. The van der Waals surface area contributed by atoms with Crippen LogP contribution in [0.2, 0.25) is 0 Å². The van der Waals surface area contributed by atoms with Crippen LogP contribution in [0.15, 0.2) is 24.3 Å². The van der Waals surface area contributed by atoms with Crippen molar-refractivity contribution in [2.75, 3.05) is 0 Å². The van der Waals surface area contributed by atoms with Crippen LogP contribution in [0.1, 0.15) is 45.7 Å². The van der Waals surface area contributed by atoms with E-state index in [1.165, 1.54) is 11.1 Å². The molecule has 1 aromatic carbocycles. The maximum atomic E-state index is 9.97. The first kappa shape index (κ1) is 11.9. The van der Waals surface area contributed by atoms with Gasteiger partial charge in [-0.25, -0.2) is 4.98 Å². The molecule has 1 unspecified atom stereocenters. The molecule has 2 nitrogen and oxygen atoms in total. The summed E-state index contributed by atoms with van der Waals surface area (Å²) in [5.41, 5.74) is 3.77. The van der Waals surface area contributed by atoms with Crippen LogP contribution >= 0.6 is 11.3 Å². The van der Waals surface area contributed by atoms with Crippen LogP contribution in [0, 0.1) is 6.92 Å². The Balaban J connectivity index is 1.88. The Bertz CT molecular complexity index is 561. The lowest BCUT2D eigenvalue weighted by molar-refractivity contribution is 0.160. The molecular weight excluding hydrogens is 242 g/mol. The molecule has 18 heavy (non-hydrogen) atoms. The number of hydrogen-bond donors (Lipinski definition) is 1. The monoisotopic (exact) mass is 259 g/mol. The van der Waals surface area contributed by atoms with E-state index in [1.807, 2.05) is 0 Å². The van der Waals surface area contributed by atoms with Crippen LogP contribution in [-0.4, -0.2) is 10.1 Å². The Morgan fingerprint density at radius 1 is 1.39 bits per heavy atom. The fourth-order valence-corrected chi connectivity index (χ4v) is 3.65. The fraction of sp³-hybridized carbons (Fsp3) is 0.400. The van der Waals surface area contributed by atoms with Gasteiger partial charge in [-0.05, 0) is 37.3 Å². The summed E-state index contributed by atoms with van der Waals surface area (Å²) in [6.45, 7) is 2.14. The van der Waals surface area contributed by atoms with Crippen LogP contribution in [0.3, 0.4) is 0 Å².